The maximum atomic E-state index is 10.1. The predicted octanol–water partition coefficient (Wildman–Crippen LogP) is -3.92. The number of hydrogen-bond donors (Lipinski definition) is 3. The van der Waals surface area contributed by atoms with Crippen molar-refractivity contribution < 1.29 is 31.1 Å². The summed E-state index contributed by atoms with van der Waals surface area (Å²) in [6.45, 7) is 0. The van der Waals surface area contributed by atoms with E-state index in [9.17, 15) is 9.90 Å². The zero-order valence-corrected chi connectivity index (χ0v) is 9.32. The number of carbonyl (C=O) groups excluding carboxylic acids is 1. The van der Waals surface area contributed by atoms with E-state index >= 15 is 0 Å². The van der Waals surface area contributed by atoms with E-state index in [1.54, 1.807) is 0 Å². The van der Waals surface area contributed by atoms with Crippen LogP contribution in [-0.2, 0) is 4.79 Å². The van der Waals surface area contributed by atoms with Crippen LogP contribution in [0.15, 0.2) is 0 Å². The molecule has 0 rings (SSSR count). The van der Waals surface area contributed by atoms with Crippen molar-refractivity contribution in [2.24, 2.45) is 11.8 Å². The van der Waals surface area contributed by atoms with E-state index in [1.165, 1.54) is 0 Å². The Hall–Kier alpha value is 0.280. The first-order valence-corrected chi connectivity index (χ1v) is 7.46. The van der Waals surface area contributed by atoms with Crippen molar-refractivity contribution in [2.75, 3.05) is 9.36 Å². The molecule has 0 bridgehead atoms. The second-order valence-electron chi connectivity index (χ2n) is 2.54. The fourth-order valence-electron chi connectivity index (χ4n) is 0.936. The first-order chi connectivity index (χ1) is 5.76. The molecule has 4 nitrogen and oxygen atoms in total. The average molecular weight is 287 g/mol. The molecule has 0 amide bonds. The summed E-state index contributed by atoms with van der Waals surface area (Å²) in [6, 6.07) is 0. The van der Waals surface area contributed by atoms with Gasteiger partial charge in [0.25, 0.3) is 0 Å². The van der Waals surface area contributed by atoms with Gasteiger partial charge >= 0.3 is 83.0 Å². The number of aldehydes is 1. The van der Waals surface area contributed by atoms with Crippen molar-refractivity contribution in [3.63, 3.8) is 0 Å². The molecule has 0 aromatic carbocycles. The van der Waals surface area contributed by atoms with Crippen molar-refractivity contribution >= 4 is 6.29 Å². The van der Waals surface area contributed by atoms with E-state index in [4.69, 9.17) is 5.84 Å². The molecule has 5 heteroatoms. The van der Waals surface area contributed by atoms with Crippen LogP contribution in [-0.4, -0.2) is 27.0 Å². The summed E-state index contributed by atoms with van der Waals surface area (Å²) in [5.41, 5.74) is 2.32. The zero-order valence-electron chi connectivity index (χ0n) is 7.16. The number of halogens is 1. The number of carbonyl (C=O) groups is 1. The van der Waals surface area contributed by atoms with Gasteiger partial charge in [-0.2, -0.15) is 0 Å². The molecule has 0 spiro atoms. The Morgan fingerprint density at radius 1 is 1.75 bits per heavy atom. The van der Waals surface area contributed by atoms with Crippen molar-refractivity contribution in [3.05, 3.63) is 0 Å². The van der Waals surface area contributed by atoms with Crippen LogP contribution in [0.4, 0.5) is 0 Å². The fraction of sp³-hybridized carbons (Fsp3) is 0.857. The Balaban J connectivity index is 3.75. The van der Waals surface area contributed by atoms with Crippen LogP contribution in [0, 0.1) is 5.92 Å². The number of rotatable bonds is 7. The number of aliphatic hydroxyl groups is 1. The molecule has 74 valence electrons. The van der Waals surface area contributed by atoms with E-state index in [0.717, 1.165) is 17.1 Å². The molecule has 0 radical (unpaired) electrons. The number of nitrogens with two attached hydrogens (primary N) is 1. The second kappa shape index (κ2) is 7.90. The normalized spacial score (nSPS) is 15.9. The monoisotopic (exact) mass is 287 g/mol. The third-order valence-corrected chi connectivity index (χ3v) is 3.64. The molecule has 0 aliphatic carbocycles. The van der Waals surface area contributed by atoms with Gasteiger partial charge in [-0.25, -0.2) is 0 Å². The number of hydrogen-bond acceptors (Lipinski definition) is 4. The molecule has 0 saturated carbocycles. The molecule has 0 aromatic heterocycles. The Bertz CT molecular complexity index is 124. The van der Waals surface area contributed by atoms with Crippen LogP contribution in [0.25, 0.3) is 0 Å². The maximum absolute atomic E-state index is 10.1. The van der Waals surface area contributed by atoms with Crippen molar-refractivity contribution in [1.82, 2.24) is 5.43 Å². The Labute approximate surface area is 83.1 Å². The quantitative estimate of drug-likeness (QED) is 0.112. The topological polar surface area (TPSA) is 75.3 Å². The number of aliphatic hydroxyl groups excluding tert-OH is 1. The summed E-state index contributed by atoms with van der Waals surface area (Å²) < 4.78 is 0.998. The van der Waals surface area contributed by atoms with E-state index in [2.05, 4.69) is 10.4 Å². The summed E-state index contributed by atoms with van der Waals surface area (Å²) in [5, 5.41) is 9.34. The minimum absolute atomic E-state index is 0.137. The Morgan fingerprint density at radius 3 is 2.83 bits per heavy atom. The molecule has 12 heavy (non-hydrogen) atoms. The van der Waals surface area contributed by atoms with Crippen LogP contribution >= 0.6 is 0 Å². The third-order valence-electron chi connectivity index (χ3n) is 1.63. The molecule has 0 aromatic rings. The van der Waals surface area contributed by atoms with Gasteiger partial charge in [-0.15, -0.1) is 0 Å². The summed E-state index contributed by atoms with van der Waals surface area (Å²) in [6.07, 6.45) is 1.45. The van der Waals surface area contributed by atoms with Gasteiger partial charge in [0.1, 0.15) is 0 Å². The van der Waals surface area contributed by atoms with Gasteiger partial charge in [-0.3, -0.25) is 0 Å². The molecule has 0 saturated heterocycles. The van der Waals surface area contributed by atoms with Gasteiger partial charge in [0.15, 0.2) is 0 Å². The molecule has 0 aliphatic heterocycles. The third kappa shape index (κ3) is 5.02. The van der Waals surface area contributed by atoms with Crippen molar-refractivity contribution in [2.45, 2.75) is 19.1 Å². The molecule has 0 heterocycles. The molecular weight excluding hydrogens is 271 g/mol. The summed E-state index contributed by atoms with van der Waals surface area (Å²) in [5.74, 6) is 5.24. The van der Waals surface area contributed by atoms with Gasteiger partial charge in [-0.1, -0.05) is 0 Å². The van der Waals surface area contributed by atoms with Gasteiger partial charge in [0.2, 0.25) is 0 Å². The summed E-state index contributed by atoms with van der Waals surface area (Å²) in [4.78, 5) is 12.2. The van der Waals surface area contributed by atoms with E-state index in [-0.39, 0.29) is 27.1 Å². The number of hydrazine groups is 1. The Morgan fingerprint density at radius 2 is 2.42 bits per heavy atom. The molecule has 2 atom stereocenters. The Kier molecular flexibility index (Phi) is 8.09. The van der Waals surface area contributed by atoms with Crippen LogP contribution < -0.4 is 32.5 Å². The average Bonchev–Trinajstić information content (AvgIpc) is 2.11. The van der Waals surface area contributed by atoms with Gasteiger partial charge in [0, 0.05) is 0 Å². The SMILES string of the molecule is C[I-]C[C@@H](CCC=O)C(O)NN. The second-order valence-corrected chi connectivity index (χ2v) is 4.94. The van der Waals surface area contributed by atoms with Crippen molar-refractivity contribution in [3.8, 4) is 0 Å². The summed E-state index contributed by atoms with van der Waals surface area (Å²) >= 11 is 0.138. The van der Waals surface area contributed by atoms with E-state index in [0.29, 0.717) is 6.42 Å². The fourth-order valence-corrected chi connectivity index (χ4v) is 2.99. The van der Waals surface area contributed by atoms with Crippen LogP contribution in [0.3, 0.4) is 0 Å². The predicted molar refractivity (Wildman–Crippen MR) is 42.9 cm³/mol. The van der Waals surface area contributed by atoms with E-state index in [1.807, 2.05) is 0 Å². The van der Waals surface area contributed by atoms with Crippen LogP contribution in [0.5, 0.6) is 0 Å². The van der Waals surface area contributed by atoms with E-state index < -0.39 is 6.23 Å². The summed E-state index contributed by atoms with van der Waals surface area (Å²) in [7, 11) is 0. The number of alkyl halides is 2. The van der Waals surface area contributed by atoms with Crippen LogP contribution in [0.1, 0.15) is 12.8 Å². The minimum atomic E-state index is -0.662. The molecule has 0 aliphatic rings. The molecule has 1 unspecified atom stereocenters. The van der Waals surface area contributed by atoms with Gasteiger partial charge in [-0.05, 0) is 0 Å². The first-order valence-electron chi connectivity index (χ1n) is 3.77. The first kappa shape index (κ1) is 12.3. The molecule has 4 N–H and O–H groups in total. The molecular formula is C7H16IN2O2-. The zero-order chi connectivity index (χ0) is 9.40. The van der Waals surface area contributed by atoms with Gasteiger partial charge in [0.05, 0.1) is 0 Å². The van der Waals surface area contributed by atoms with Gasteiger partial charge < -0.3 is 0 Å². The van der Waals surface area contributed by atoms with Crippen molar-refractivity contribution in [1.29, 1.82) is 0 Å². The van der Waals surface area contributed by atoms with Crippen LogP contribution in [0.2, 0.25) is 0 Å². The standard InChI is InChI=1S/C7H16IN2O2/c1-8-5-6(3-2-4-11)7(12)10-9/h4,6-7,10,12H,2-3,5,9H2,1H3/q-1/t6-,7?/m1/s1. The molecule has 0 fully saturated rings. The number of nitrogens with one attached hydrogen (secondary N) is 1.